The fourth-order valence-electron chi connectivity index (χ4n) is 9.17. The third kappa shape index (κ3) is 19.8. The zero-order valence-corrected chi connectivity index (χ0v) is 46.3. The van der Waals surface area contributed by atoms with Crippen molar-refractivity contribution in [2.24, 2.45) is 0 Å². The van der Waals surface area contributed by atoms with Gasteiger partial charge in [-0.25, -0.2) is 0 Å². The van der Waals surface area contributed by atoms with Crippen LogP contribution in [0.4, 0.5) is 0 Å². The molecule has 4 amide bonds. The van der Waals surface area contributed by atoms with Gasteiger partial charge in [-0.2, -0.15) is 0 Å². The normalized spacial score (nSPS) is 33.6. The molecule has 456 valence electrons. The molecule has 0 aromatic carbocycles. The van der Waals surface area contributed by atoms with Crippen molar-refractivity contribution in [3.63, 3.8) is 0 Å². The molecule has 4 saturated heterocycles. The summed E-state index contributed by atoms with van der Waals surface area (Å²) < 4.78 is 87.9. The first kappa shape index (κ1) is 66.8. The van der Waals surface area contributed by atoms with Gasteiger partial charge in [-0.3, -0.25) is 57.5 Å². The van der Waals surface area contributed by atoms with E-state index in [1.807, 2.05) is 0 Å². The van der Waals surface area contributed by atoms with Crippen LogP contribution in [0.3, 0.4) is 0 Å². The number of nitrogens with one attached hydrogen (secondary N) is 4. The van der Waals surface area contributed by atoms with Crippen molar-refractivity contribution in [2.45, 2.75) is 206 Å². The molecular weight excluding hydrogens is 1100 g/mol. The van der Waals surface area contributed by atoms with E-state index in [9.17, 15) is 67.7 Å². The quantitative estimate of drug-likeness (QED) is 0.0439. The first-order valence-corrected chi connectivity index (χ1v) is 25.1. The lowest BCUT2D eigenvalue weighted by atomic mass is 9.92. The molecule has 33 heteroatoms. The summed E-state index contributed by atoms with van der Waals surface area (Å²) in [5, 5.41) is 32.5. The predicted octanol–water partition coefficient (Wildman–Crippen LogP) is -4.61. The van der Waals surface area contributed by atoms with Crippen LogP contribution in [0.5, 0.6) is 0 Å². The van der Waals surface area contributed by atoms with Crippen molar-refractivity contribution < 1.29 is 139 Å². The molecule has 0 bridgehead atoms. The van der Waals surface area contributed by atoms with E-state index in [2.05, 4.69) is 21.3 Å². The second-order valence-electron chi connectivity index (χ2n) is 18.9. The molecule has 0 aromatic heterocycles. The lowest BCUT2D eigenvalue weighted by molar-refractivity contribution is -0.362. The molecular formula is C48H70N4O29. The van der Waals surface area contributed by atoms with E-state index >= 15 is 0 Å². The number of ether oxygens (including phenoxy) is 15. The highest BCUT2D eigenvalue weighted by Gasteiger charge is 2.59. The maximum atomic E-state index is 13.3. The molecule has 4 heterocycles. The molecule has 4 aliphatic rings. The Hall–Kier alpha value is -6.72. The molecule has 10 unspecified atom stereocenters. The largest absolute Gasteiger partial charge is 0.463 e. The monoisotopic (exact) mass is 1170 g/mol. The highest BCUT2D eigenvalue weighted by molar-refractivity contribution is 5.75. The number of carbonyl (C=O) groups is 12. The maximum Gasteiger partial charge on any atom is 0.303 e. The molecule has 0 radical (unpaired) electrons. The standard InChI is InChI=1S/C48H70N4O29/c1-17(53)49-33-42(72-26(10)62)38(30(75-45(33)66)14-68-22(6)58)79-47-35(51-19(3)55)44(74-28(12)64)40(32(77-47)16-70-24(8)60)81-48-36(52-20(4)56)43(73-27(11)63)39(31(78-48)15-69-23(7)59)80-46-34(50-18(2)54)41(71-25(9)61)37(65)29(76-46)13-67-21(5)57/h29-48,65-66H,13-16H2,1-12H3,(H,49,53)(H,50,54)(H,51,55)(H,52,56)/t29?,30?,31?,32?,33-,34+,35+,36-,37?,38+,39+,40?,41-,42?,43?,44-,45+,46?,47?,48-/m1/s1. The molecule has 0 spiro atoms. The van der Waals surface area contributed by atoms with Gasteiger partial charge in [0.25, 0.3) is 0 Å². The van der Waals surface area contributed by atoms with E-state index in [1.165, 1.54) is 0 Å². The van der Waals surface area contributed by atoms with Gasteiger partial charge < -0.3 is 103 Å². The van der Waals surface area contributed by atoms with Gasteiger partial charge in [0.15, 0.2) is 49.6 Å². The summed E-state index contributed by atoms with van der Waals surface area (Å²) in [6.45, 7) is 9.12. The number of hydrogen-bond donors (Lipinski definition) is 6. The van der Waals surface area contributed by atoms with Gasteiger partial charge in [0.1, 0.15) is 99.4 Å². The molecule has 6 N–H and O–H groups in total. The van der Waals surface area contributed by atoms with Crippen molar-refractivity contribution in [2.75, 3.05) is 26.4 Å². The minimum atomic E-state index is -2.03. The average Bonchev–Trinajstić information content (AvgIpc) is 3.32. The minimum absolute atomic E-state index is 0.680. The first-order chi connectivity index (χ1) is 37.9. The summed E-state index contributed by atoms with van der Waals surface area (Å²) in [7, 11) is 0. The summed E-state index contributed by atoms with van der Waals surface area (Å²) in [5.41, 5.74) is 0. The number of rotatable bonds is 22. The van der Waals surface area contributed by atoms with E-state index in [-0.39, 0.29) is 0 Å². The number of amides is 4. The minimum Gasteiger partial charge on any atom is -0.463 e. The third-order valence-corrected chi connectivity index (χ3v) is 12.0. The predicted molar refractivity (Wildman–Crippen MR) is 257 cm³/mol. The molecule has 0 aliphatic carbocycles. The second kappa shape index (κ2) is 30.4. The SMILES string of the molecule is CC(=O)N[C@@H]1C(OC(C)=O)[C@@H](OC2OC(COC(C)=O)C(O)[C@H](OC(C)=O)[C@@H]2NC(C)=O)C(COC(C)=O)O[C@@H]1OC1C(COC(C)=O)OC(O[C@H]2C(COC(C)=O)O[C@H](O)[C@H](NC(C)=O)C2OC(C)=O)[C@@H](NC(C)=O)[C@H]1OC(C)=O. The summed E-state index contributed by atoms with van der Waals surface area (Å²) in [6, 6.07) is -6.81. The van der Waals surface area contributed by atoms with Crippen LogP contribution in [-0.4, -0.2) is 231 Å². The van der Waals surface area contributed by atoms with Gasteiger partial charge >= 0.3 is 47.8 Å². The average molecular weight is 1170 g/mol. The van der Waals surface area contributed by atoms with Crippen LogP contribution in [0.1, 0.15) is 83.1 Å². The Kier molecular flexibility index (Phi) is 25.0. The highest BCUT2D eigenvalue weighted by atomic mass is 16.8. The molecule has 0 aromatic rings. The number of aliphatic hydroxyl groups is 2. The number of esters is 8. The van der Waals surface area contributed by atoms with Gasteiger partial charge in [0, 0.05) is 83.1 Å². The van der Waals surface area contributed by atoms with E-state index in [4.69, 9.17) is 71.1 Å². The lowest BCUT2D eigenvalue weighted by Crippen LogP contribution is -2.72. The molecule has 33 nitrogen and oxygen atoms in total. The van der Waals surface area contributed by atoms with Crippen LogP contribution in [0.15, 0.2) is 0 Å². The molecule has 0 saturated carbocycles. The topological polar surface area (TPSA) is 432 Å². The van der Waals surface area contributed by atoms with E-state index in [1.54, 1.807) is 0 Å². The highest BCUT2D eigenvalue weighted by Crippen LogP contribution is 2.37. The number of aliphatic hydroxyl groups excluding tert-OH is 2. The van der Waals surface area contributed by atoms with Crippen molar-refractivity contribution in [1.82, 2.24) is 21.3 Å². The Balaban J connectivity index is 1.95. The molecule has 20 atom stereocenters. The Morgan fingerprint density at radius 2 is 0.568 bits per heavy atom. The molecule has 81 heavy (non-hydrogen) atoms. The van der Waals surface area contributed by atoms with Crippen LogP contribution >= 0.6 is 0 Å². The van der Waals surface area contributed by atoms with Gasteiger partial charge in [-0.05, 0) is 0 Å². The van der Waals surface area contributed by atoms with Crippen LogP contribution in [0.25, 0.3) is 0 Å². The van der Waals surface area contributed by atoms with Crippen molar-refractivity contribution in [1.29, 1.82) is 0 Å². The van der Waals surface area contributed by atoms with Crippen LogP contribution in [0, 0.1) is 0 Å². The van der Waals surface area contributed by atoms with E-state index in [0.29, 0.717) is 0 Å². The Labute approximate surface area is 462 Å². The van der Waals surface area contributed by atoms with Gasteiger partial charge in [-0.15, -0.1) is 0 Å². The third-order valence-electron chi connectivity index (χ3n) is 12.0. The molecule has 4 fully saturated rings. The Bertz CT molecular complexity index is 2300. The zero-order chi connectivity index (χ0) is 60.7. The summed E-state index contributed by atoms with van der Waals surface area (Å²) in [5.74, 6) is -10.8. The fourth-order valence-corrected chi connectivity index (χ4v) is 9.17. The Morgan fingerprint density at radius 3 is 0.864 bits per heavy atom. The first-order valence-electron chi connectivity index (χ1n) is 25.1. The summed E-state index contributed by atoms with van der Waals surface area (Å²) in [4.78, 5) is 152. The number of hydrogen-bond acceptors (Lipinski definition) is 29. The van der Waals surface area contributed by atoms with E-state index < -0.39 is 220 Å². The van der Waals surface area contributed by atoms with Crippen LogP contribution in [0.2, 0.25) is 0 Å². The van der Waals surface area contributed by atoms with Gasteiger partial charge in [-0.1, -0.05) is 0 Å². The lowest BCUT2D eigenvalue weighted by Gasteiger charge is -2.52. The van der Waals surface area contributed by atoms with E-state index in [0.717, 1.165) is 83.1 Å². The summed E-state index contributed by atoms with van der Waals surface area (Å²) in [6.07, 6.45) is -28.9. The van der Waals surface area contributed by atoms with Gasteiger partial charge in [0.05, 0.1) is 0 Å². The van der Waals surface area contributed by atoms with Crippen molar-refractivity contribution >= 4 is 71.4 Å². The maximum absolute atomic E-state index is 13.3. The van der Waals surface area contributed by atoms with Crippen LogP contribution in [-0.2, 0) is 129 Å². The van der Waals surface area contributed by atoms with Crippen molar-refractivity contribution in [3.05, 3.63) is 0 Å². The second-order valence-corrected chi connectivity index (χ2v) is 18.9. The van der Waals surface area contributed by atoms with Crippen LogP contribution < -0.4 is 21.3 Å². The molecule has 4 aliphatic heterocycles. The zero-order valence-electron chi connectivity index (χ0n) is 46.3. The van der Waals surface area contributed by atoms with Crippen molar-refractivity contribution in [3.8, 4) is 0 Å². The molecule has 4 rings (SSSR count). The number of carbonyl (C=O) groups excluding carboxylic acids is 12. The smallest absolute Gasteiger partial charge is 0.303 e. The fraction of sp³-hybridized carbons (Fsp3) is 0.750. The summed E-state index contributed by atoms with van der Waals surface area (Å²) >= 11 is 0. The van der Waals surface area contributed by atoms with Gasteiger partial charge in [0.2, 0.25) is 23.6 Å². The Morgan fingerprint density at radius 1 is 0.321 bits per heavy atom.